The molecule has 2 aromatic heterocycles. The van der Waals surface area contributed by atoms with Crippen molar-refractivity contribution in [2.75, 3.05) is 72.0 Å². The first-order valence-corrected chi connectivity index (χ1v) is 44.4. The molecular formula is C85H119N19O21S2. The minimum Gasteiger partial charge on any atom is -0.508 e. The van der Waals surface area contributed by atoms with Gasteiger partial charge >= 0.3 is 5.97 Å². The number of aromatic nitrogens is 1. The van der Waals surface area contributed by atoms with Crippen LogP contribution in [0.3, 0.4) is 0 Å². The molecule has 3 aromatic carbocycles. The molecule has 0 unspecified atom stereocenters. The monoisotopic (exact) mass is 1810 g/mol. The number of hydrogen-bond acceptors (Lipinski definition) is 24. The minimum atomic E-state index is -1.89. The van der Waals surface area contributed by atoms with Gasteiger partial charge < -0.3 is 120 Å². The molecule has 0 bridgehead atoms. The fourth-order valence-corrected chi connectivity index (χ4v) is 17.3. The number of para-hydroxylation sites is 1. The van der Waals surface area contributed by atoms with Crippen molar-refractivity contribution in [2.24, 2.45) is 23.1 Å². The molecule has 3 aliphatic heterocycles. The predicted molar refractivity (Wildman–Crippen MR) is 468 cm³/mol. The van der Waals surface area contributed by atoms with Crippen molar-refractivity contribution in [1.82, 2.24) is 82.7 Å². The Hall–Kier alpha value is -11.9. The zero-order valence-electron chi connectivity index (χ0n) is 72.4. The van der Waals surface area contributed by atoms with Gasteiger partial charge in [0.2, 0.25) is 94.5 Å². The number of amides is 16. The maximum absolute atomic E-state index is 15.6. The fraction of sp³-hybridized carbons (Fsp3) is 0.541. The number of thioether (sulfide) groups is 1. The predicted octanol–water partition coefficient (Wildman–Crippen LogP) is -2.91. The van der Waals surface area contributed by atoms with E-state index in [2.05, 4.69) is 58.2 Å². The van der Waals surface area contributed by atoms with Crippen LogP contribution in [-0.4, -0.2) is 313 Å². The van der Waals surface area contributed by atoms with Crippen LogP contribution >= 0.6 is 23.1 Å². The van der Waals surface area contributed by atoms with E-state index in [0.717, 1.165) is 41.0 Å². The van der Waals surface area contributed by atoms with Crippen molar-refractivity contribution >= 4 is 145 Å². The number of aliphatic hydroxyl groups excluding tert-OH is 2. The molecular weight excluding hydrogens is 1690 g/mol. The summed E-state index contributed by atoms with van der Waals surface area (Å²) in [5.41, 5.74) is 19.8. The number of carboxylic acids is 1. The number of aromatic hydroxyl groups is 1. The van der Waals surface area contributed by atoms with Gasteiger partial charge in [-0.1, -0.05) is 102 Å². The number of hydrogen-bond donors (Lipinski definition) is 18. The summed E-state index contributed by atoms with van der Waals surface area (Å²) < 4.78 is 0.815. The van der Waals surface area contributed by atoms with Gasteiger partial charge in [-0.15, -0.1) is 23.1 Å². The Morgan fingerprint density at radius 1 is 0.575 bits per heavy atom. The summed E-state index contributed by atoms with van der Waals surface area (Å²) in [6, 6.07) is -2.30. The molecule has 0 spiro atoms. The van der Waals surface area contributed by atoms with E-state index in [1.165, 1.54) is 63.7 Å². The zero-order valence-corrected chi connectivity index (χ0v) is 74.0. The van der Waals surface area contributed by atoms with Gasteiger partial charge in [0.05, 0.1) is 31.4 Å². The second-order valence-corrected chi connectivity index (χ2v) is 34.5. The molecule has 692 valence electrons. The van der Waals surface area contributed by atoms with E-state index in [1.807, 2.05) is 32.0 Å². The number of nitrogens with two attached hydrogens (primary N) is 3. The van der Waals surface area contributed by atoms with E-state index >= 15 is 28.8 Å². The number of likely N-dealkylation sites (N-methyl/N-ethyl adjacent to an activating group) is 3. The van der Waals surface area contributed by atoms with Crippen LogP contribution < -0.4 is 70.4 Å². The number of carbonyl (C=O) groups excluding carboxylic acids is 16. The van der Waals surface area contributed by atoms with Gasteiger partial charge in [-0.3, -0.25) is 81.5 Å². The molecule has 8 rings (SSSR count). The highest BCUT2D eigenvalue weighted by Gasteiger charge is 2.47. The van der Waals surface area contributed by atoms with Crippen LogP contribution in [0.5, 0.6) is 5.75 Å². The summed E-state index contributed by atoms with van der Waals surface area (Å²) in [6.07, 6.45) is -0.288. The number of primary amides is 1. The lowest BCUT2D eigenvalue weighted by molar-refractivity contribution is -0.149. The van der Waals surface area contributed by atoms with Gasteiger partial charge in [0.1, 0.15) is 90.3 Å². The average Bonchev–Trinajstić information content (AvgIpc) is 1.72. The van der Waals surface area contributed by atoms with Crippen molar-refractivity contribution in [3.05, 3.63) is 101 Å². The topological polar surface area (TPSA) is 601 Å². The van der Waals surface area contributed by atoms with Gasteiger partial charge in [0.25, 0.3) is 0 Å². The van der Waals surface area contributed by atoms with E-state index in [0.29, 0.717) is 58.7 Å². The van der Waals surface area contributed by atoms with Crippen LogP contribution in [0.15, 0.2) is 84.4 Å². The SMILES string of the molecule is CCCC[C@H]1C(=O)N(C)[C@@H](CCCC)C(=O)N[C@@H](CN)C(=O)N[C@H](C(=O)NCC(N)=O)CSCC(=O)N[C@@H](Cc2ccc(O)cc2)C(=O)N(C)[C@H](C)C(=O)N[C@@H](CC(=O)O)C(=O)N2CCC[C@H]2C(=O)N[C@@H](CN)C(=O)N[C@@H](CC(C)C)C(=O)N2C[C@H](O)C[C@H]2C(=O)N[C@@H](Cc2c[nH]c3ccccc23)C(=O)N[C@@H](CO)C(=O)N[C@@H](Cc2csc3ccccc23)C(=O)N1C. The summed E-state index contributed by atoms with van der Waals surface area (Å²) in [5.74, 6) is -18.4. The molecule has 42 heteroatoms. The molecule has 15 atom stereocenters. The lowest BCUT2D eigenvalue weighted by Gasteiger charge is -2.36. The Kier molecular flexibility index (Phi) is 37.7. The lowest BCUT2D eigenvalue weighted by atomic mass is 10.00. The lowest BCUT2D eigenvalue weighted by Crippen LogP contribution is -2.62. The smallest absolute Gasteiger partial charge is 0.305 e. The number of aromatic amines is 1. The van der Waals surface area contributed by atoms with Gasteiger partial charge in [0, 0.05) is 101 Å². The Bertz CT molecular complexity index is 4780. The van der Waals surface area contributed by atoms with Gasteiger partial charge in [-0.2, -0.15) is 0 Å². The largest absolute Gasteiger partial charge is 0.508 e. The molecule has 3 saturated heterocycles. The highest BCUT2D eigenvalue weighted by atomic mass is 32.2. The Labute approximate surface area is 742 Å². The third-order valence-corrected chi connectivity index (χ3v) is 24.7. The summed E-state index contributed by atoms with van der Waals surface area (Å²) in [7, 11) is 3.87. The van der Waals surface area contributed by atoms with E-state index in [1.54, 1.807) is 55.8 Å². The van der Waals surface area contributed by atoms with E-state index in [9.17, 15) is 73.2 Å². The highest BCUT2D eigenvalue weighted by molar-refractivity contribution is 8.00. The molecule has 5 aromatic rings. The molecule has 16 amide bonds. The van der Waals surface area contributed by atoms with Gasteiger partial charge in [0.15, 0.2) is 0 Å². The number of nitrogens with zero attached hydrogens (tertiary/aromatic N) is 5. The molecule has 3 fully saturated rings. The molecule has 127 heavy (non-hydrogen) atoms. The molecule has 0 aliphatic carbocycles. The summed E-state index contributed by atoms with van der Waals surface area (Å²) in [4.78, 5) is 254. The number of fused-ring (bicyclic) bond motifs is 4. The van der Waals surface area contributed by atoms with Crippen LogP contribution in [-0.2, 0) is 101 Å². The number of unbranched alkanes of at least 4 members (excludes halogenated alkanes) is 2. The number of aliphatic carboxylic acids is 1. The molecule has 0 saturated carbocycles. The number of aliphatic hydroxyl groups is 2. The minimum absolute atomic E-state index is 0.00715. The number of carbonyl (C=O) groups is 17. The van der Waals surface area contributed by atoms with Gasteiger partial charge in [-0.05, 0) is 96.7 Å². The summed E-state index contributed by atoms with van der Waals surface area (Å²) in [6.45, 7) is 4.73. The molecule has 40 nitrogen and oxygen atoms in total. The van der Waals surface area contributed by atoms with E-state index in [-0.39, 0.29) is 76.0 Å². The van der Waals surface area contributed by atoms with E-state index < -0.39 is 242 Å². The maximum Gasteiger partial charge on any atom is 0.305 e. The van der Waals surface area contributed by atoms with Crippen LogP contribution in [0.1, 0.15) is 122 Å². The number of thiophene rings is 1. The number of carboxylic acid groups (broad SMARTS) is 1. The number of nitrogens with one attached hydrogen (secondary N) is 11. The quantitative estimate of drug-likeness (QED) is 0.0330. The first-order valence-electron chi connectivity index (χ1n) is 42.4. The standard InChI is InChI=1S/C85H119N19O21S2/c1-9-11-21-64-78(118)96-61(37-87)76(116)99-63(73(113)90-39-69(88)108)43-126-44-70(109)91-57(31-47-25-27-50(106)28-26-47)81(121)100(6)46(5)72(112)93-59(35-71(110)111)83(123)103-29-17-23-65(103)79(119)97-60(36-86)75(115)94-56(30-45(3)4)84(124)104-40-51(107)34-67(104)80(120)92-55(32-48-38-89-54-20-15-13-18-52(48)54)74(114)98-62(41-105)77(117)95-58(33-49-42-127-68-24-16-14-19-53(49)68)82(122)102(8)66(22-12-10-2)85(125)101(64)7/h13-16,18-20,24-28,38,42,45-46,51,55-67,89,105-107H,9-12,17,21-23,29-37,39-41,43-44,86-87H2,1-8H3,(H2,88,108)(H,90,113)(H,91,109)(H,92,120)(H,93,112)(H,94,115)(H,95,117)(H,96,118)(H,97,119)(H,98,114)(H,99,116)(H,110,111)/t46-,51-,55+,56+,57+,58+,59+,60+,61+,62+,63+,64+,65+,66+,67+/m1/s1. The van der Waals surface area contributed by atoms with Crippen LogP contribution in [0.2, 0.25) is 0 Å². The number of H-pyrrole nitrogens is 1. The molecule has 0 radical (unpaired) electrons. The zero-order chi connectivity index (χ0) is 93.2. The van der Waals surface area contributed by atoms with Crippen LogP contribution in [0.4, 0.5) is 0 Å². The molecule has 5 heterocycles. The second kappa shape index (κ2) is 47.6. The summed E-state index contributed by atoms with van der Waals surface area (Å²) in [5, 5.41) is 71.6. The Morgan fingerprint density at radius 3 is 1.76 bits per heavy atom. The maximum atomic E-state index is 15.6. The van der Waals surface area contributed by atoms with Crippen molar-refractivity contribution in [2.45, 2.75) is 215 Å². The van der Waals surface area contributed by atoms with Crippen molar-refractivity contribution in [3.8, 4) is 5.75 Å². The number of benzene rings is 3. The summed E-state index contributed by atoms with van der Waals surface area (Å²) >= 11 is 2.10. The Morgan fingerprint density at radius 2 is 1.12 bits per heavy atom. The fourth-order valence-electron chi connectivity index (χ4n) is 15.5. The number of rotatable bonds is 22. The average molecular weight is 1810 g/mol. The molecule has 21 N–H and O–H groups in total. The normalized spacial score (nSPS) is 25.6. The molecule has 3 aliphatic rings. The second-order valence-electron chi connectivity index (χ2n) is 32.5. The van der Waals surface area contributed by atoms with Crippen molar-refractivity contribution < 1.29 is 102 Å². The first-order chi connectivity index (χ1) is 60.4. The van der Waals surface area contributed by atoms with Gasteiger partial charge in [-0.25, -0.2) is 0 Å². The van der Waals surface area contributed by atoms with Crippen molar-refractivity contribution in [1.29, 1.82) is 0 Å². The van der Waals surface area contributed by atoms with E-state index in [4.69, 9.17) is 17.2 Å². The van der Waals surface area contributed by atoms with Crippen molar-refractivity contribution in [3.63, 3.8) is 0 Å². The Balaban J connectivity index is 1.16. The highest BCUT2D eigenvalue weighted by Crippen LogP contribution is 2.30. The van der Waals surface area contributed by atoms with Crippen LogP contribution in [0, 0.1) is 5.92 Å². The third-order valence-electron chi connectivity index (χ3n) is 22.7. The first kappa shape index (κ1) is 101. The van der Waals surface area contributed by atoms with Crippen LogP contribution in [0.25, 0.3) is 21.0 Å². The number of phenolic OH excluding ortho intramolecular Hbond substituents is 1. The third kappa shape index (κ3) is 27.3. The number of phenols is 1.